The highest BCUT2D eigenvalue weighted by atomic mass is 16.2. The number of carbonyl (C=O) groups excluding carboxylic acids is 2. The Morgan fingerprint density at radius 2 is 1.52 bits per heavy atom. The lowest BCUT2D eigenvalue weighted by molar-refractivity contribution is -0.132. The normalized spacial score (nSPS) is 18.4. The third-order valence-electron chi connectivity index (χ3n) is 5.80. The van der Waals surface area contributed by atoms with E-state index < -0.39 is 11.6 Å². The van der Waals surface area contributed by atoms with Crippen LogP contribution in [0.5, 0.6) is 0 Å². The summed E-state index contributed by atoms with van der Waals surface area (Å²) < 4.78 is 0. The van der Waals surface area contributed by atoms with Crippen molar-refractivity contribution in [3.05, 3.63) is 114 Å². The van der Waals surface area contributed by atoms with E-state index in [1.54, 1.807) is 6.20 Å². The Balaban J connectivity index is 1.55. The zero-order chi connectivity index (χ0) is 21.3. The smallest absolute Gasteiger partial charge is 0.319 e. The lowest BCUT2D eigenvalue weighted by Crippen LogP contribution is -2.46. The van der Waals surface area contributed by atoms with Crippen LogP contribution in [0.1, 0.15) is 16.7 Å². The molecule has 0 spiro atoms. The van der Waals surface area contributed by atoms with E-state index in [0.717, 1.165) is 27.6 Å². The molecule has 0 radical (unpaired) electrons. The van der Waals surface area contributed by atoms with Crippen LogP contribution in [0.3, 0.4) is 0 Å². The molecule has 31 heavy (non-hydrogen) atoms. The molecule has 5 rings (SSSR count). The number of urea groups is 1. The van der Waals surface area contributed by atoms with Gasteiger partial charge in [-0.25, -0.2) is 4.79 Å². The van der Waals surface area contributed by atoms with E-state index in [0.29, 0.717) is 6.42 Å². The minimum absolute atomic E-state index is 0.169. The van der Waals surface area contributed by atoms with Crippen molar-refractivity contribution >= 4 is 22.8 Å². The van der Waals surface area contributed by atoms with Gasteiger partial charge in [-0.2, -0.15) is 0 Å². The second-order valence-corrected chi connectivity index (χ2v) is 7.75. The Hall–Kier alpha value is -3.99. The monoisotopic (exact) mass is 407 g/mol. The van der Waals surface area contributed by atoms with E-state index in [4.69, 9.17) is 0 Å². The summed E-state index contributed by atoms with van der Waals surface area (Å²) in [5.74, 6) is -0.250. The average Bonchev–Trinajstić information content (AvgIpc) is 3.05. The fourth-order valence-electron chi connectivity index (χ4n) is 4.28. The Morgan fingerprint density at radius 1 is 0.806 bits per heavy atom. The Labute approximate surface area is 180 Å². The maximum Gasteiger partial charge on any atom is 0.325 e. The van der Waals surface area contributed by atoms with Crippen LogP contribution in [0.4, 0.5) is 4.79 Å². The molecule has 1 N–H and O–H groups in total. The number of nitrogens with zero attached hydrogens (tertiary/aromatic N) is 2. The first-order valence-corrected chi connectivity index (χ1v) is 10.2. The molecule has 1 aliphatic rings. The number of para-hydroxylation sites is 1. The molecule has 1 atom stereocenters. The van der Waals surface area contributed by atoms with Gasteiger partial charge in [-0.3, -0.25) is 14.7 Å². The lowest BCUT2D eigenvalue weighted by atomic mass is 9.83. The molecule has 1 aliphatic heterocycles. The van der Waals surface area contributed by atoms with Crippen LogP contribution >= 0.6 is 0 Å². The number of hydrogen-bond donors (Lipinski definition) is 1. The maximum atomic E-state index is 13.8. The number of amides is 3. The summed E-state index contributed by atoms with van der Waals surface area (Å²) in [5, 5.41) is 3.99. The number of imide groups is 1. The molecule has 0 aliphatic carbocycles. The minimum Gasteiger partial charge on any atom is -0.319 e. The number of carbonyl (C=O) groups is 2. The number of fused-ring (bicyclic) bond motifs is 1. The Bertz CT molecular complexity index is 1250. The molecular weight excluding hydrogens is 386 g/mol. The van der Waals surface area contributed by atoms with Crippen molar-refractivity contribution < 1.29 is 9.59 Å². The summed E-state index contributed by atoms with van der Waals surface area (Å²) in [6.07, 6.45) is 2.11. The van der Waals surface area contributed by atoms with Gasteiger partial charge in [0.1, 0.15) is 0 Å². The summed E-state index contributed by atoms with van der Waals surface area (Å²) >= 11 is 0. The van der Waals surface area contributed by atoms with E-state index in [2.05, 4.69) is 10.3 Å². The summed E-state index contributed by atoms with van der Waals surface area (Å²) in [4.78, 5) is 32.7. The molecule has 0 saturated carbocycles. The predicted octanol–water partition coefficient (Wildman–Crippen LogP) is 4.42. The molecule has 1 saturated heterocycles. The Morgan fingerprint density at radius 3 is 2.29 bits per heavy atom. The quantitative estimate of drug-likeness (QED) is 0.498. The van der Waals surface area contributed by atoms with E-state index in [1.807, 2.05) is 91.0 Å². The van der Waals surface area contributed by atoms with Gasteiger partial charge in [-0.15, -0.1) is 0 Å². The zero-order valence-corrected chi connectivity index (χ0v) is 16.9. The molecule has 0 bridgehead atoms. The summed E-state index contributed by atoms with van der Waals surface area (Å²) in [7, 11) is 0. The van der Waals surface area contributed by atoms with Crippen molar-refractivity contribution in [1.82, 2.24) is 15.2 Å². The molecule has 152 valence electrons. The number of rotatable bonds is 5. The van der Waals surface area contributed by atoms with E-state index in [9.17, 15) is 9.59 Å². The minimum atomic E-state index is -1.14. The fourth-order valence-corrected chi connectivity index (χ4v) is 4.28. The van der Waals surface area contributed by atoms with E-state index in [-0.39, 0.29) is 12.5 Å². The molecule has 3 aromatic carbocycles. The third-order valence-corrected chi connectivity index (χ3v) is 5.80. The average molecular weight is 407 g/mol. The number of aromatic nitrogens is 1. The van der Waals surface area contributed by atoms with Gasteiger partial charge in [0.25, 0.3) is 5.91 Å². The molecular formula is C26H21N3O2. The van der Waals surface area contributed by atoms with Crippen LogP contribution in [-0.4, -0.2) is 21.8 Å². The van der Waals surface area contributed by atoms with Crippen LogP contribution in [0, 0.1) is 0 Å². The van der Waals surface area contributed by atoms with Gasteiger partial charge in [-0.05, 0) is 22.8 Å². The van der Waals surface area contributed by atoms with Crippen molar-refractivity contribution in [2.75, 3.05) is 0 Å². The van der Waals surface area contributed by atoms with Gasteiger partial charge in [-0.1, -0.05) is 84.9 Å². The summed E-state index contributed by atoms with van der Waals surface area (Å²) in [5.41, 5.74) is 2.25. The number of benzene rings is 3. The van der Waals surface area contributed by atoms with Crippen LogP contribution < -0.4 is 5.32 Å². The molecule has 1 aromatic heterocycles. The number of pyridine rings is 1. The van der Waals surface area contributed by atoms with Crippen LogP contribution in [0.15, 0.2) is 97.2 Å². The topological polar surface area (TPSA) is 62.3 Å². The first-order valence-electron chi connectivity index (χ1n) is 10.2. The first-order chi connectivity index (χ1) is 15.2. The molecule has 1 unspecified atom stereocenters. The SMILES string of the molecule is O=C1NC(Cc2ccccc2)(c2ccccc2)C(=O)N1Cc1cccc2cccnc12. The van der Waals surface area contributed by atoms with Crippen molar-refractivity contribution in [3.8, 4) is 0 Å². The fraction of sp³-hybridized carbons (Fsp3) is 0.115. The second-order valence-electron chi connectivity index (χ2n) is 7.75. The zero-order valence-electron chi connectivity index (χ0n) is 16.9. The van der Waals surface area contributed by atoms with Gasteiger partial charge in [0.2, 0.25) is 0 Å². The van der Waals surface area contributed by atoms with Crippen LogP contribution in [0.25, 0.3) is 10.9 Å². The van der Waals surface area contributed by atoms with Crippen molar-refractivity contribution in [1.29, 1.82) is 0 Å². The second kappa shape index (κ2) is 7.69. The molecule has 5 heteroatoms. The van der Waals surface area contributed by atoms with Gasteiger partial charge >= 0.3 is 6.03 Å². The highest BCUT2D eigenvalue weighted by Gasteiger charge is 2.52. The predicted molar refractivity (Wildman–Crippen MR) is 119 cm³/mol. The van der Waals surface area contributed by atoms with Gasteiger partial charge in [0, 0.05) is 18.0 Å². The summed E-state index contributed by atoms with van der Waals surface area (Å²) in [6.45, 7) is 0.169. The van der Waals surface area contributed by atoms with Gasteiger partial charge < -0.3 is 5.32 Å². The Kier molecular flexibility index (Phi) is 4.71. The highest BCUT2D eigenvalue weighted by Crippen LogP contribution is 2.34. The molecule has 4 aromatic rings. The molecule has 5 nitrogen and oxygen atoms in total. The van der Waals surface area contributed by atoms with Crippen molar-refractivity contribution in [2.45, 2.75) is 18.5 Å². The molecule has 2 heterocycles. The first kappa shape index (κ1) is 19.0. The standard InChI is InChI=1S/C26H21N3O2/c30-24-26(22-14-5-2-6-15-22,17-19-9-3-1-4-10-19)28-25(31)29(24)18-21-12-7-11-20-13-8-16-27-23(20)21/h1-16H,17-18H2,(H,28,31). The largest absolute Gasteiger partial charge is 0.325 e. The summed E-state index contributed by atoms with van der Waals surface area (Å²) in [6, 6.07) is 28.5. The van der Waals surface area contributed by atoms with Gasteiger partial charge in [0.15, 0.2) is 5.54 Å². The van der Waals surface area contributed by atoms with Gasteiger partial charge in [0.05, 0.1) is 12.1 Å². The van der Waals surface area contributed by atoms with Crippen molar-refractivity contribution in [3.63, 3.8) is 0 Å². The highest BCUT2D eigenvalue weighted by molar-refractivity contribution is 6.07. The van der Waals surface area contributed by atoms with Crippen molar-refractivity contribution in [2.24, 2.45) is 0 Å². The van der Waals surface area contributed by atoms with Crippen LogP contribution in [-0.2, 0) is 23.3 Å². The molecule has 1 fully saturated rings. The number of nitrogens with one attached hydrogen (secondary N) is 1. The van der Waals surface area contributed by atoms with Crippen LogP contribution in [0.2, 0.25) is 0 Å². The van der Waals surface area contributed by atoms with E-state index >= 15 is 0 Å². The number of hydrogen-bond acceptors (Lipinski definition) is 3. The lowest BCUT2D eigenvalue weighted by Gasteiger charge is -2.27. The third kappa shape index (κ3) is 3.34. The molecule has 3 amide bonds. The maximum absolute atomic E-state index is 13.8. The van der Waals surface area contributed by atoms with E-state index in [1.165, 1.54) is 4.90 Å².